The van der Waals surface area contributed by atoms with Crippen LogP contribution in [0.4, 0.5) is 18.9 Å². The van der Waals surface area contributed by atoms with E-state index in [9.17, 15) is 23.2 Å². The number of allylic oxidation sites excluding steroid dienone is 3. The van der Waals surface area contributed by atoms with Crippen LogP contribution in [-0.2, 0) is 11.0 Å². The van der Waals surface area contributed by atoms with E-state index in [4.69, 9.17) is 19.9 Å². The van der Waals surface area contributed by atoms with E-state index in [1.807, 2.05) is 6.07 Å². The first-order valence-electron chi connectivity index (χ1n) is 11.1. The molecule has 4 rings (SSSR count). The average Bonchev–Trinajstić information content (AvgIpc) is 2.86. The SMILES string of the molecule is COc1cc([C@H]2C(C#N)=C(N)N(c3ccccc3C(F)(F)F)C3=C2C(=O)CCC3)cc(OC)c1OC. The summed E-state index contributed by atoms with van der Waals surface area (Å²) in [6, 6.07) is 10.2. The minimum Gasteiger partial charge on any atom is -0.493 e. The quantitative estimate of drug-likeness (QED) is 0.616. The number of nitrogens with zero attached hydrogens (tertiary/aromatic N) is 2. The van der Waals surface area contributed by atoms with E-state index in [0.717, 1.165) is 6.07 Å². The van der Waals surface area contributed by atoms with Gasteiger partial charge in [-0.2, -0.15) is 18.4 Å². The largest absolute Gasteiger partial charge is 0.493 e. The maximum atomic E-state index is 13.9. The van der Waals surface area contributed by atoms with Crippen LogP contribution in [-0.4, -0.2) is 27.1 Å². The van der Waals surface area contributed by atoms with Crippen LogP contribution in [0.1, 0.15) is 36.3 Å². The van der Waals surface area contributed by atoms with E-state index in [2.05, 4.69) is 0 Å². The smallest absolute Gasteiger partial charge is 0.418 e. The number of ketones is 1. The van der Waals surface area contributed by atoms with Gasteiger partial charge >= 0.3 is 6.18 Å². The fraction of sp³-hybridized carbons (Fsp3) is 0.308. The third-order valence-electron chi connectivity index (χ3n) is 6.38. The molecule has 1 aliphatic heterocycles. The van der Waals surface area contributed by atoms with Gasteiger partial charge in [0.2, 0.25) is 5.75 Å². The topological polar surface area (TPSA) is 97.8 Å². The Morgan fingerprint density at radius 1 is 1.06 bits per heavy atom. The molecule has 1 atom stereocenters. The number of ether oxygens (including phenoxy) is 3. The second-order valence-corrected chi connectivity index (χ2v) is 8.29. The molecule has 0 bridgehead atoms. The summed E-state index contributed by atoms with van der Waals surface area (Å²) < 4.78 is 58.0. The minimum atomic E-state index is -4.67. The molecule has 2 aromatic carbocycles. The molecule has 36 heavy (non-hydrogen) atoms. The highest BCUT2D eigenvalue weighted by atomic mass is 19.4. The third kappa shape index (κ3) is 4.00. The van der Waals surface area contributed by atoms with Gasteiger partial charge in [-0.05, 0) is 42.7 Å². The molecular formula is C26H24F3N3O4. The molecule has 0 amide bonds. The lowest BCUT2D eigenvalue weighted by molar-refractivity contribution is -0.137. The van der Waals surface area contributed by atoms with Gasteiger partial charge in [-0.1, -0.05) is 12.1 Å². The lowest BCUT2D eigenvalue weighted by Gasteiger charge is -2.40. The van der Waals surface area contributed by atoms with Gasteiger partial charge in [-0.3, -0.25) is 9.69 Å². The summed E-state index contributed by atoms with van der Waals surface area (Å²) in [5.74, 6) is -0.414. The Hall–Kier alpha value is -4.13. The maximum Gasteiger partial charge on any atom is 0.418 e. The number of nitriles is 1. The Morgan fingerprint density at radius 3 is 2.25 bits per heavy atom. The molecule has 0 spiro atoms. The van der Waals surface area contributed by atoms with E-state index in [-0.39, 0.29) is 34.9 Å². The van der Waals surface area contributed by atoms with Gasteiger partial charge in [0, 0.05) is 17.7 Å². The number of benzene rings is 2. The second kappa shape index (κ2) is 9.49. The van der Waals surface area contributed by atoms with Crippen molar-refractivity contribution in [1.82, 2.24) is 0 Å². The summed E-state index contributed by atoms with van der Waals surface area (Å²) in [4.78, 5) is 14.5. The van der Waals surface area contributed by atoms with Crippen molar-refractivity contribution >= 4 is 11.5 Å². The molecule has 0 fully saturated rings. The molecule has 0 saturated heterocycles. The van der Waals surface area contributed by atoms with E-state index in [0.29, 0.717) is 41.4 Å². The average molecular weight is 499 g/mol. The highest BCUT2D eigenvalue weighted by Crippen LogP contribution is 2.50. The number of para-hydroxylation sites is 1. The van der Waals surface area contributed by atoms with Gasteiger partial charge < -0.3 is 19.9 Å². The number of hydrogen-bond acceptors (Lipinski definition) is 7. The monoisotopic (exact) mass is 499 g/mol. The number of halogens is 3. The Labute approximate surface area is 206 Å². The summed E-state index contributed by atoms with van der Waals surface area (Å²) in [6.45, 7) is 0. The zero-order valence-corrected chi connectivity index (χ0v) is 19.9. The Morgan fingerprint density at radius 2 is 1.69 bits per heavy atom. The van der Waals surface area contributed by atoms with Gasteiger partial charge in [-0.25, -0.2) is 0 Å². The number of Topliss-reactive ketones (excluding diaryl/α,β-unsaturated/α-hetero) is 1. The number of carbonyl (C=O) groups excluding carboxylic acids is 1. The van der Waals surface area contributed by atoms with Gasteiger partial charge in [0.25, 0.3) is 0 Å². The summed E-state index contributed by atoms with van der Waals surface area (Å²) in [5, 5.41) is 10.2. The normalized spacial score (nSPS) is 18.1. The van der Waals surface area contributed by atoms with Gasteiger partial charge in [0.15, 0.2) is 17.3 Å². The predicted octanol–water partition coefficient (Wildman–Crippen LogP) is 5.04. The van der Waals surface area contributed by atoms with Crippen LogP contribution in [0.2, 0.25) is 0 Å². The molecule has 0 aromatic heterocycles. The van der Waals surface area contributed by atoms with Crippen molar-refractivity contribution in [2.75, 3.05) is 26.2 Å². The van der Waals surface area contributed by atoms with Gasteiger partial charge in [0.1, 0.15) is 5.82 Å². The molecule has 10 heteroatoms. The first-order valence-corrected chi connectivity index (χ1v) is 11.1. The molecule has 1 heterocycles. The summed E-state index contributed by atoms with van der Waals surface area (Å²) in [7, 11) is 4.31. The van der Waals surface area contributed by atoms with Crippen molar-refractivity contribution in [2.24, 2.45) is 5.73 Å². The van der Waals surface area contributed by atoms with Crippen LogP contribution in [0, 0.1) is 11.3 Å². The molecular weight excluding hydrogens is 475 g/mol. The van der Waals surface area contributed by atoms with E-state index < -0.39 is 17.7 Å². The highest BCUT2D eigenvalue weighted by molar-refractivity contribution is 6.01. The van der Waals surface area contributed by atoms with Crippen LogP contribution in [0.3, 0.4) is 0 Å². The summed E-state index contributed by atoms with van der Waals surface area (Å²) >= 11 is 0. The first-order chi connectivity index (χ1) is 17.2. The predicted molar refractivity (Wildman–Crippen MR) is 125 cm³/mol. The zero-order chi connectivity index (χ0) is 26.2. The Balaban J connectivity index is 2.02. The van der Waals surface area contributed by atoms with Crippen LogP contribution in [0.25, 0.3) is 0 Å². The van der Waals surface area contributed by atoms with Crippen LogP contribution < -0.4 is 24.8 Å². The number of anilines is 1. The molecule has 1 aliphatic carbocycles. The summed E-state index contributed by atoms with van der Waals surface area (Å²) in [5.41, 5.74) is 6.29. The van der Waals surface area contributed by atoms with Crippen molar-refractivity contribution in [3.63, 3.8) is 0 Å². The molecule has 2 aromatic rings. The molecule has 188 valence electrons. The number of alkyl halides is 3. The van der Waals surface area contributed by atoms with Gasteiger partial charge in [0.05, 0.1) is 50.1 Å². The molecule has 0 saturated carbocycles. The van der Waals surface area contributed by atoms with Gasteiger partial charge in [-0.15, -0.1) is 0 Å². The van der Waals surface area contributed by atoms with Crippen LogP contribution in [0.15, 0.2) is 59.1 Å². The standard InChI is InChI=1S/C26H24F3N3O4/c1-34-20-11-14(12-21(35-2)24(20)36-3)22-15(13-30)25(31)32(18-9-6-10-19(33)23(18)22)17-8-5-4-7-16(17)26(27,28)29/h4-5,7-8,11-12,22H,6,9-10,31H2,1-3H3/t22-/m0/s1. The van der Waals surface area contributed by atoms with Crippen LogP contribution in [0.5, 0.6) is 17.2 Å². The Bertz CT molecular complexity index is 1300. The van der Waals surface area contributed by atoms with Crippen molar-refractivity contribution < 1.29 is 32.2 Å². The van der Waals surface area contributed by atoms with Crippen molar-refractivity contribution in [2.45, 2.75) is 31.4 Å². The fourth-order valence-corrected chi connectivity index (χ4v) is 4.87. The first kappa shape index (κ1) is 25.0. The number of methoxy groups -OCH3 is 3. The molecule has 0 radical (unpaired) electrons. The second-order valence-electron chi connectivity index (χ2n) is 8.29. The molecule has 2 N–H and O–H groups in total. The maximum absolute atomic E-state index is 13.9. The molecule has 2 aliphatic rings. The molecule has 7 nitrogen and oxygen atoms in total. The van der Waals surface area contributed by atoms with Crippen molar-refractivity contribution in [3.05, 3.63) is 70.2 Å². The van der Waals surface area contributed by atoms with E-state index in [1.54, 1.807) is 12.1 Å². The molecule has 0 unspecified atom stereocenters. The van der Waals surface area contributed by atoms with E-state index in [1.165, 1.54) is 44.4 Å². The fourth-order valence-electron chi connectivity index (χ4n) is 4.87. The number of hydrogen-bond donors (Lipinski definition) is 1. The van der Waals surface area contributed by atoms with Crippen molar-refractivity contribution in [1.29, 1.82) is 5.26 Å². The summed E-state index contributed by atoms with van der Waals surface area (Å²) in [6.07, 6.45) is -3.71. The Kier molecular flexibility index (Phi) is 6.59. The number of nitrogens with two attached hydrogens (primary N) is 1. The lowest BCUT2D eigenvalue weighted by atomic mass is 9.75. The number of carbonyl (C=O) groups is 1. The van der Waals surface area contributed by atoms with Crippen molar-refractivity contribution in [3.8, 4) is 23.3 Å². The number of rotatable bonds is 5. The van der Waals surface area contributed by atoms with E-state index >= 15 is 0 Å². The highest BCUT2D eigenvalue weighted by Gasteiger charge is 2.43. The third-order valence-corrected chi connectivity index (χ3v) is 6.38. The zero-order valence-electron chi connectivity index (χ0n) is 19.9. The van der Waals surface area contributed by atoms with Crippen LogP contribution >= 0.6 is 0 Å². The minimum absolute atomic E-state index is 0.0461. The lowest BCUT2D eigenvalue weighted by Crippen LogP contribution is -2.39.